The summed E-state index contributed by atoms with van der Waals surface area (Å²) in [6.45, 7) is 3.88. The molecule has 8 nitrogen and oxygen atoms in total. The van der Waals surface area contributed by atoms with Crippen LogP contribution < -0.4 is 4.72 Å². The molecule has 0 saturated carbocycles. The van der Waals surface area contributed by atoms with Crippen molar-refractivity contribution in [3.05, 3.63) is 59.5 Å². The first kappa shape index (κ1) is 20.8. The Bertz CT molecular complexity index is 1070. The molecule has 0 aliphatic rings. The third-order valence-electron chi connectivity index (χ3n) is 4.34. The zero-order valence-corrected chi connectivity index (χ0v) is 17.0. The summed E-state index contributed by atoms with van der Waals surface area (Å²) in [5.74, 6) is 0.533. The van der Waals surface area contributed by atoms with Crippen molar-refractivity contribution in [1.29, 1.82) is 0 Å². The maximum atomic E-state index is 12.3. The predicted octanol–water partition coefficient (Wildman–Crippen LogP) is 3.35. The Balaban J connectivity index is 1.40. The minimum atomic E-state index is -3.60. The molecule has 0 atom stereocenters. The highest BCUT2D eigenvalue weighted by Crippen LogP contribution is 2.21. The van der Waals surface area contributed by atoms with Gasteiger partial charge in [-0.2, -0.15) is 0 Å². The number of aryl methyl sites for hydroxylation is 2. The summed E-state index contributed by atoms with van der Waals surface area (Å²) in [7, 11) is -3.60. The van der Waals surface area contributed by atoms with Gasteiger partial charge in [0.05, 0.1) is 11.2 Å². The molecule has 0 amide bonds. The van der Waals surface area contributed by atoms with Crippen molar-refractivity contribution < 1.29 is 26.9 Å². The minimum absolute atomic E-state index is 0.0303. The van der Waals surface area contributed by atoms with E-state index in [0.29, 0.717) is 23.6 Å². The number of esters is 1. The molecule has 3 aromatic rings. The van der Waals surface area contributed by atoms with Crippen molar-refractivity contribution in [2.75, 3.05) is 6.54 Å². The van der Waals surface area contributed by atoms with Gasteiger partial charge in [0.15, 0.2) is 5.76 Å². The minimum Gasteiger partial charge on any atom is -0.461 e. The molecule has 2 heterocycles. The Hall–Kier alpha value is -2.91. The van der Waals surface area contributed by atoms with Crippen LogP contribution in [0.25, 0.3) is 11.5 Å². The van der Waals surface area contributed by atoms with Crippen molar-refractivity contribution in [2.45, 2.75) is 38.2 Å². The molecule has 0 saturated heterocycles. The molecule has 0 aliphatic carbocycles. The van der Waals surface area contributed by atoms with Gasteiger partial charge in [0.25, 0.3) is 0 Å². The van der Waals surface area contributed by atoms with E-state index in [1.54, 1.807) is 36.4 Å². The van der Waals surface area contributed by atoms with Crippen LogP contribution in [-0.2, 0) is 26.2 Å². The van der Waals surface area contributed by atoms with Crippen molar-refractivity contribution in [3.63, 3.8) is 0 Å². The largest absolute Gasteiger partial charge is 0.461 e. The first-order chi connectivity index (χ1) is 13.8. The molecule has 2 aromatic heterocycles. The molecular formula is C20H22N2O6S. The maximum absolute atomic E-state index is 12.3. The lowest BCUT2D eigenvalue weighted by atomic mass is 10.1. The number of nitrogens with one attached hydrogen (secondary N) is 1. The highest BCUT2D eigenvalue weighted by Gasteiger charge is 2.15. The van der Waals surface area contributed by atoms with Crippen LogP contribution in [0, 0.1) is 13.8 Å². The number of benzene rings is 1. The average molecular weight is 418 g/mol. The van der Waals surface area contributed by atoms with Gasteiger partial charge in [-0.1, -0.05) is 11.2 Å². The second kappa shape index (κ2) is 9.06. The lowest BCUT2D eigenvalue weighted by Crippen LogP contribution is -2.25. The quantitative estimate of drug-likeness (QED) is 0.419. The summed E-state index contributed by atoms with van der Waals surface area (Å²) in [4.78, 5) is 12.1. The van der Waals surface area contributed by atoms with Gasteiger partial charge in [0.1, 0.15) is 12.3 Å². The molecule has 9 heteroatoms. The van der Waals surface area contributed by atoms with Crippen LogP contribution in [0.1, 0.15) is 29.7 Å². The third-order valence-corrected chi connectivity index (χ3v) is 5.80. The van der Waals surface area contributed by atoms with Gasteiger partial charge >= 0.3 is 5.97 Å². The van der Waals surface area contributed by atoms with Crippen molar-refractivity contribution >= 4 is 16.0 Å². The van der Waals surface area contributed by atoms with E-state index < -0.39 is 16.0 Å². The summed E-state index contributed by atoms with van der Waals surface area (Å²) in [5.41, 5.74) is 2.38. The van der Waals surface area contributed by atoms with Crippen LogP contribution in [0.15, 0.2) is 56.5 Å². The van der Waals surface area contributed by atoms with Gasteiger partial charge < -0.3 is 13.7 Å². The van der Waals surface area contributed by atoms with Crippen LogP contribution in [0.5, 0.6) is 0 Å². The van der Waals surface area contributed by atoms with Gasteiger partial charge in [-0.25, -0.2) is 13.1 Å². The number of rotatable bonds is 9. The van der Waals surface area contributed by atoms with E-state index in [2.05, 4.69) is 9.88 Å². The Morgan fingerprint density at radius 1 is 1.14 bits per heavy atom. The van der Waals surface area contributed by atoms with Crippen LogP contribution in [0.4, 0.5) is 0 Å². The van der Waals surface area contributed by atoms with E-state index in [4.69, 9.17) is 13.7 Å². The lowest BCUT2D eigenvalue weighted by Gasteiger charge is -2.08. The van der Waals surface area contributed by atoms with Crippen LogP contribution in [0.2, 0.25) is 0 Å². The molecule has 1 aromatic carbocycles. The van der Waals surface area contributed by atoms with Crippen LogP contribution in [0.3, 0.4) is 0 Å². The SMILES string of the molecule is Cc1ccc(S(=O)(=O)NCCCC(=O)OCc2cc(-c3ccco3)on2)cc1C. The number of carbonyl (C=O) groups is 1. The first-order valence-electron chi connectivity index (χ1n) is 9.07. The monoisotopic (exact) mass is 418 g/mol. The molecule has 0 unspecified atom stereocenters. The van der Waals surface area contributed by atoms with E-state index in [9.17, 15) is 13.2 Å². The number of aromatic nitrogens is 1. The molecule has 0 radical (unpaired) electrons. The molecule has 0 aliphatic heterocycles. The van der Waals surface area contributed by atoms with E-state index in [1.807, 2.05) is 13.8 Å². The summed E-state index contributed by atoms with van der Waals surface area (Å²) >= 11 is 0. The maximum Gasteiger partial charge on any atom is 0.306 e. The van der Waals surface area contributed by atoms with Crippen LogP contribution in [-0.4, -0.2) is 26.1 Å². The molecule has 0 fully saturated rings. The highest BCUT2D eigenvalue weighted by atomic mass is 32.2. The van der Waals surface area contributed by atoms with Gasteiger partial charge in [-0.05, 0) is 55.7 Å². The lowest BCUT2D eigenvalue weighted by molar-refractivity contribution is -0.145. The second-order valence-corrected chi connectivity index (χ2v) is 8.33. The average Bonchev–Trinajstić information content (AvgIpc) is 3.37. The summed E-state index contributed by atoms with van der Waals surface area (Å²) in [6, 6.07) is 10.0. The van der Waals surface area contributed by atoms with Gasteiger partial charge in [0.2, 0.25) is 15.8 Å². The summed E-state index contributed by atoms with van der Waals surface area (Å²) in [6.07, 6.45) is 1.92. The van der Waals surface area contributed by atoms with E-state index in [1.165, 1.54) is 6.26 Å². The molecule has 0 bridgehead atoms. The predicted molar refractivity (Wildman–Crippen MR) is 104 cm³/mol. The Kier molecular flexibility index (Phi) is 6.50. The number of hydrogen-bond acceptors (Lipinski definition) is 7. The molecule has 3 rings (SSSR count). The number of sulfonamides is 1. The van der Waals surface area contributed by atoms with Crippen molar-refractivity contribution in [2.24, 2.45) is 0 Å². The van der Waals surface area contributed by atoms with E-state index in [-0.39, 0.29) is 24.5 Å². The van der Waals surface area contributed by atoms with E-state index in [0.717, 1.165) is 11.1 Å². The standard InChI is InChI=1S/C20H22N2O6S/c1-14-7-8-17(11-15(14)2)29(24,25)21-9-3-6-20(23)27-13-16-12-19(28-22-16)18-5-4-10-26-18/h4-5,7-8,10-12,21H,3,6,9,13H2,1-2H3. The number of hydrogen-bond donors (Lipinski definition) is 1. The van der Waals surface area contributed by atoms with Crippen LogP contribution >= 0.6 is 0 Å². The van der Waals surface area contributed by atoms with Gasteiger partial charge in [-0.3, -0.25) is 4.79 Å². The molecule has 29 heavy (non-hydrogen) atoms. The normalized spacial score (nSPS) is 11.5. The number of carbonyl (C=O) groups excluding carboxylic acids is 1. The molecular weight excluding hydrogens is 396 g/mol. The zero-order chi connectivity index (χ0) is 20.9. The molecule has 0 spiro atoms. The van der Waals surface area contributed by atoms with Crippen molar-refractivity contribution in [1.82, 2.24) is 9.88 Å². The zero-order valence-electron chi connectivity index (χ0n) is 16.2. The molecule has 154 valence electrons. The Morgan fingerprint density at radius 3 is 2.69 bits per heavy atom. The second-order valence-electron chi connectivity index (χ2n) is 6.57. The molecule has 1 N–H and O–H groups in total. The van der Waals surface area contributed by atoms with E-state index >= 15 is 0 Å². The first-order valence-corrected chi connectivity index (χ1v) is 10.6. The number of furan rings is 1. The highest BCUT2D eigenvalue weighted by molar-refractivity contribution is 7.89. The summed E-state index contributed by atoms with van der Waals surface area (Å²) < 4.78 is 42.5. The van der Waals surface area contributed by atoms with Gasteiger partial charge in [-0.15, -0.1) is 0 Å². The fourth-order valence-electron chi connectivity index (χ4n) is 2.54. The fourth-order valence-corrected chi connectivity index (χ4v) is 3.70. The topological polar surface area (TPSA) is 112 Å². The number of nitrogens with zero attached hydrogens (tertiary/aromatic N) is 1. The smallest absolute Gasteiger partial charge is 0.306 e. The number of ether oxygens (including phenoxy) is 1. The van der Waals surface area contributed by atoms with Crippen molar-refractivity contribution in [3.8, 4) is 11.5 Å². The summed E-state index contributed by atoms with van der Waals surface area (Å²) in [5, 5.41) is 3.82. The van der Waals surface area contributed by atoms with Gasteiger partial charge in [0, 0.05) is 19.0 Å². The fraction of sp³-hybridized carbons (Fsp3) is 0.300. The Labute approximate surface area is 168 Å². The Morgan fingerprint density at radius 2 is 1.97 bits per heavy atom. The third kappa shape index (κ3) is 5.55.